The Balaban J connectivity index is 1.49. The van der Waals surface area contributed by atoms with Crippen LogP contribution in [0, 0.1) is 11.8 Å². The van der Waals surface area contributed by atoms with Gasteiger partial charge in [-0.15, -0.1) is 0 Å². The van der Waals surface area contributed by atoms with Crippen molar-refractivity contribution in [3.05, 3.63) is 34.0 Å². The summed E-state index contributed by atoms with van der Waals surface area (Å²) in [4.78, 5) is 34.0. The minimum absolute atomic E-state index is 0.0609. The van der Waals surface area contributed by atoms with Crippen molar-refractivity contribution in [2.24, 2.45) is 11.8 Å². The summed E-state index contributed by atoms with van der Waals surface area (Å²) in [7, 11) is 0. The molecule has 2 amide bonds. The molecule has 3 aromatic rings. The van der Waals surface area contributed by atoms with E-state index in [1.165, 1.54) is 102 Å². The molecule has 0 radical (unpaired) electrons. The van der Waals surface area contributed by atoms with Crippen LogP contribution in [-0.2, 0) is 0 Å². The average molecular weight is 727 g/mol. The summed E-state index contributed by atoms with van der Waals surface area (Å²) in [5.74, 6) is 1.44. The molecule has 2 atom stereocenters. The van der Waals surface area contributed by atoms with Crippen molar-refractivity contribution in [3.8, 4) is 19.5 Å². The van der Waals surface area contributed by atoms with Crippen molar-refractivity contribution in [1.29, 1.82) is 0 Å². The fourth-order valence-corrected chi connectivity index (χ4v) is 27.8. The van der Waals surface area contributed by atoms with Crippen molar-refractivity contribution in [2.45, 2.75) is 135 Å². The molecule has 5 rings (SSSR count). The number of hydrogen-bond acceptors (Lipinski definition) is 5. The molecular weight excluding hydrogens is 671 g/mol. The number of amides is 2. The summed E-state index contributed by atoms with van der Waals surface area (Å²) in [5, 5.41) is 7.13. The second kappa shape index (κ2) is 16.3. The van der Waals surface area contributed by atoms with Crippen LogP contribution in [0.4, 0.5) is 0 Å². The van der Waals surface area contributed by atoms with Crippen LogP contribution in [0.3, 0.4) is 0 Å². The second-order valence-electron chi connectivity index (χ2n) is 13.7. The standard InChI is InChI=1S/C38H55GeNO2S3/c1-6-11-14-15-16-17-21-40-37(41)29-26-44-36(33(29)38(40)42)32-23-31-35(45-32)34-30(20-22-43-34)39(31,24-27(9-4)18-12-7-2)25-28(10-5)19-13-8-3/h20,22-23,26-28H,6-19,21,24-25H2,1-5H3. The topological polar surface area (TPSA) is 37.4 Å². The molecule has 2 unspecified atom stereocenters. The zero-order chi connectivity index (χ0) is 32.0. The Hall–Kier alpha value is -1.22. The first-order chi connectivity index (χ1) is 21.9. The van der Waals surface area contributed by atoms with Crippen LogP contribution in [0.5, 0.6) is 0 Å². The molecule has 0 saturated carbocycles. The van der Waals surface area contributed by atoms with E-state index in [1.54, 1.807) is 25.0 Å². The maximum absolute atomic E-state index is 13.8. The molecule has 0 spiro atoms. The predicted molar refractivity (Wildman–Crippen MR) is 201 cm³/mol. The van der Waals surface area contributed by atoms with E-state index < -0.39 is 13.3 Å². The van der Waals surface area contributed by atoms with E-state index in [2.05, 4.69) is 52.1 Å². The fourth-order valence-electron chi connectivity index (χ4n) is 7.96. The Kier molecular flexibility index (Phi) is 12.7. The zero-order valence-corrected chi connectivity index (χ0v) is 33.0. The first-order valence-corrected chi connectivity index (χ1v) is 25.8. The van der Waals surface area contributed by atoms with E-state index in [4.69, 9.17) is 0 Å². The molecule has 3 nitrogen and oxygen atoms in total. The summed E-state index contributed by atoms with van der Waals surface area (Å²) in [6.07, 6.45) is 17.3. The van der Waals surface area contributed by atoms with Gasteiger partial charge >= 0.3 is 270 Å². The van der Waals surface area contributed by atoms with Gasteiger partial charge in [-0.1, -0.05) is 19.8 Å². The van der Waals surface area contributed by atoms with Crippen LogP contribution < -0.4 is 8.79 Å². The average Bonchev–Trinajstić information content (AvgIpc) is 3.86. The molecule has 0 aromatic carbocycles. The van der Waals surface area contributed by atoms with Crippen LogP contribution in [-0.4, -0.2) is 36.5 Å². The number of nitrogens with zero attached hydrogens (tertiary/aromatic N) is 1. The monoisotopic (exact) mass is 727 g/mol. The van der Waals surface area contributed by atoms with Crippen LogP contribution >= 0.6 is 34.0 Å². The number of unbranched alkanes of at least 4 members (excludes halogenated alkanes) is 7. The first kappa shape index (κ1) is 35.1. The molecule has 0 saturated heterocycles. The van der Waals surface area contributed by atoms with Gasteiger partial charge in [-0.3, -0.25) is 0 Å². The van der Waals surface area contributed by atoms with Gasteiger partial charge in [-0.2, -0.15) is 0 Å². The number of thiophene rings is 3. The van der Waals surface area contributed by atoms with Crippen LogP contribution in [0.15, 0.2) is 22.9 Å². The molecule has 0 fully saturated rings. The minimum atomic E-state index is -2.74. The van der Waals surface area contributed by atoms with Crippen LogP contribution in [0.1, 0.15) is 145 Å². The molecule has 3 aromatic heterocycles. The normalized spacial score (nSPS) is 18.5. The number of imide groups is 1. The zero-order valence-electron chi connectivity index (χ0n) is 28.5. The van der Waals surface area contributed by atoms with Gasteiger partial charge in [0.2, 0.25) is 0 Å². The van der Waals surface area contributed by atoms with Crippen molar-refractivity contribution in [3.63, 3.8) is 0 Å². The molecule has 5 heterocycles. The molecule has 2 aliphatic heterocycles. The SMILES string of the molecule is CCCCCCCCN1C(=O)c2csc(-c3c[c]4c(s3)-c3scc[c]3[Ge]4([CH2]C(CC)CCCC)[CH2]C(CC)CCCC)c2C1=O. The predicted octanol–water partition coefficient (Wildman–Crippen LogP) is 11.5. The first-order valence-electron chi connectivity index (χ1n) is 18.1. The van der Waals surface area contributed by atoms with Gasteiger partial charge in [0.05, 0.1) is 0 Å². The molecule has 0 aliphatic carbocycles. The summed E-state index contributed by atoms with van der Waals surface area (Å²) in [6, 6.07) is 5.07. The number of carbonyl (C=O) groups is 2. The molecule has 2 aliphatic rings. The number of fused-ring (bicyclic) bond motifs is 4. The summed E-state index contributed by atoms with van der Waals surface area (Å²) < 4.78 is 3.45. The van der Waals surface area contributed by atoms with Gasteiger partial charge in [-0.05, 0) is 0 Å². The Bertz CT molecular complexity index is 1420. The fraction of sp³-hybridized carbons (Fsp3) is 0.632. The Morgan fingerprint density at radius 3 is 2.00 bits per heavy atom. The Morgan fingerprint density at radius 1 is 0.711 bits per heavy atom. The van der Waals surface area contributed by atoms with E-state index in [1.807, 2.05) is 28.1 Å². The quantitative estimate of drug-likeness (QED) is 0.0660. The number of rotatable bonds is 20. The summed E-state index contributed by atoms with van der Waals surface area (Å²) in [5.41, 5.74) is 1.32. The van der Waals surface area contributed by atoms with E-state index >= 15 is 0 Å². The number of hydrogen-bond donors (Lipinski definition) is 0. The van der Waals surface area contributed by atoms with Gasteiger partial charge in [0.1, 0.15) is 0 Å². The third kappa shape index (κ3) is 7.15. The Labute approximate surface area is 287 Å². The van der Waals surface area contributed by atoms with E-state index in [9.17, 15) is 9.59 Å². The van der Waals surface area contributed by atoms with Gasteiger partial charge < -0.3 is 0 Å². The van der Waals surface area contributed by atoms with Gasteiger partial charge in [0.15, 0.2) is 0 Å². The third-order valence-electron chi connectivity index (χ3n) is 10.7. The third-order valence-corrected chi connectivity index (χ3v) is 26.2. The van der Waals surface area contributed by atoms with Gasteiger partial charge in [-0.25, -0.2) is 0 Å². The Morgan fingerprint density at radius 2 is 1.36 bits per heavy atom. The van der Waals surface area contributed by atoms with Crippen LogP contribution in [0.2, 0.25) is 10.5 Å². The molecule has 7 heteroatoms. The summed E-state index contributed by atoms with van der Waals surface area (Å²) >= 11 is 2.75. The molecule has 246 valence electrons. The van der Waals surface area contributed by atoms with E-state index in [0.717, 1.165) is 29.6 Å². The van der Waals surface area contributed by atoms with E-state index in [0.29, 0.717) is 17.7 Å². The number of carbonyl (C=O) groups excluding carboxylic acids is 2. The van der Waals surface area contributed by atoms with Gasteiger partial charge in [0.25, 0.3) is 0 Å². The molecule has 0 bridgehead atoms. The molecule has 0 N–H and O–H groups in total. The van der Waals surface area contributed by atoms with Crippen molar-refractivity contribution in [1.82, 2.24) is 4.90 Å². The van der Waals surface area contributed by atoms with Crippen LogP contribution in [0.25, 0.3) is 19.5 Å². The van der Waals surface area contributed by atoms with Crippen molar-refractivity contribution in [2.75, 3.05) is 6.54 Å². The van der Waals surface area contributed by atoms with E-state index in [-0.39, 0.29) is 11.8 Å². The summed E-state index contributed by atoms with van der Waals surface area (Å²) in [6.45, 7) is 12.3. The second-order valence-corrected chi connectivity index (χ2v) is 25.1. The van der Waals surface area contributed by atoms with Gasteiger partial charge in [0, 0.05) is 0 Å². The molecular formula is C38H55GeNO2S3. The molecule has 45 heavy (non-hydrogen) atoms. The maximum atomic E-state index is 13.8. The van der Waals surface area contributed by atoms with Crippen molar-refractivity contribution < 1.29 is 9.59 Å². The van der Waals surface area contributed by atoms with Crippen molar-refractivity contribution >= 4 is 67.9 Å².